The van der Waals surface area contributed by atoms with Gasteiger partial charge in [-0.1, -0.05) is 0 Å². The zero-order valence-electron chi connectivity index (χ0n) is 15.1. The Morgan fingerprint density at radius 3 is 1.41 bits per heavy atom. The van der Waals surface area contributed by atoms with Crippen LogP contribution < -0.4 is 6.64 Å². The van der Waals surface area contributed by atoms with Crippen molar-refractivity contribution in [3.63, 3.8) is 0 Å². The summed E-state index contributed by atoms with van der Waals surface area (Å²) in [4.78, 5) is 0. The van der Waals surface area contributed by atoms with Gasteiger partial charge >= 0.3 is 172 Å². The van der Waals surface area contributed by atoms with E-state index in [1.807, 2.05) is 0 Å². The predicted molar refractivity (Wildman–Crippen MR) is 109 cm³/mol. The maximum atomic E-state index is 2.40. The zero-order valence-corrected chi connectivity index (χ0v) is 16.9. The second-order valence-corrected chi connectivity index (χ2v) is 9.95. The molecule has 125 valence electrons. The normalized spacial score (nSPS) is 12.7. The van der Waals surface area contributed by atoms with Crippen molar-refractivity contribution in [2.24, 2.45) is 0 Å². The molecular weight excluding hydrogens is 357 g/mol. The van der Waals surface area contributed by atoms with Gasteiger partial charge in [-0.05, 0) is 0 Å². The Kier molecular flexibility index (Phi) is 3.59. The van der Waals surface area contributed by atoms with Crippen LogP contribution in [0.25, 0.3) is 22.3 Å². The van der Waals surface area contributed by atoms with E-state index in [4.69, 9.17) is 0 Å². The first kappa shape index (κ1) is 15.8. The Hall–Kier alpha value is -2.25. The van der Waals surface area contributed by atoms with E-state index in [2.05, 4.69) is 84.9 Å². The second kappa shape index (κ2) is 6.14. The first-order valence-corrected chi connectivity index (χ1v) is 11.4. The molecule has 6 rings (SSSR count). The van der Waals surface area contributed by atoms with E-state index in [-0.39, 0.29) is 0 Å². The number of rotatable bonds is 2. The van der Waals surface area contributed by atoms with Gasteiger partial charge in [-0.15, -0.1) is 0 Å². The van der Waals surface area contributed by atoms with Crippen LogP contribution in [-0.4, -0.2) is 0 Å². The third kappa shape index (κ3) is 2.45. The minimum absolute atomic E-state index is 0.698. The molecule has 0 heterocycles. The average Bonchev–Trinajstić information content (AvgIpc) is 3.28. The molecule has 4 aromatic carbocycles. The van der Waals surface area contributed by atoms with Crippen LogP contribution in [0.2, 0.25) is 0 Å². The van der Waals surface area contributed by atoms with E-state index in [0.29, 0.717) is 0 Å². The molecule has 27 heavy (non-hydrogen) atoms. The van der Waals surface area contributed by atoms with Crippen molar-refractivity contribution >= 4 is 6.64 Å². The summed E-state index contributed by atoms with van der Waals surface area (Å²) in [5.74, 6) is 0. The summed E-state index contributed by atoms with van der Waals surface area (Å²) >= 11 is -0.698. The van der Waals surface area contributed by atoms with Crippen molar-refractivity contribution in [3.05, 3.63) is 107 Å². The van der Waals surface area contributed by atoms with E-state index in [0.717, 1.165) is 12.8 Å². The molecule has 0 unspecified atom stereocenters. The number of hydrogen-bond acceptors (Lipinski definition) is 0. The molecule has 0 bridgehead atoms. The van der Waals surface area contributed by atoms with Crippen molar-refractivity contribution in [3.8, 4) is 22.3 Å². The van der Waals surface area contributed by atoms with Crippen LogP contribution in [0, 0.1) is 0 Å². The molecule has 0 saturated carbocycles. The molecule has 1 heteroatoms. The summed E-state index contributed by atoms with van der Waals surface area (Å²) in [5.41, 5.74) is 12.0. The van der Waals surface area contributed by atoms with Crippen LogP contribution in [0.3, 0.4) is 0 Å². The molecule has 0 aromatic heterocycles. The summed E-state index contributed by atoms with van der Waals surface area (Å²) in [6.07, 6.45) is 2.21. The minimum atomic E-state index is -0.698. The van der Waals surface area contributed by atoms with Gasteiger partial charge in [-0.2, -0.15) is 0 Å². The van der Waals surface area contributed by atoms with Gasteiger partial charge in [0.05, 0.1) is 0 Å². The van der Waals surface area contributed by atoms with Crippen LogP contribution in [0.15, 0.2) is 84.9 Å². The molecule has 0 saturated heterocycles. The maximum absolute atomic E-state index is 2.40. The summed E-state index contributed by atoms with van der Waals surface area (Å²) < 4.78 is 3.27. The van der Waals surface area contributed by atoms with Crippen molar-refractivity contribution < 1.29 is 22.9 Å². The molecule has 0 atom stereocenters. The fourth-order valence-corrected chi connectivity index (χ4v) is 7.32. The van der Waals surface area contributed by atoms with E-state index in [1.165, 1.54) is 33.4 Å². The SMILES string of the molecule is c1ccc2c(c1)Cc1[c]([Sc][c]3cccc4c3Cc3ccccc3-4)cccc1-2. The quantitative estimate of drug-likeness (QED) is 0.405. The van der Waals surface area contributed by atoms with E-state index < -0.39 is 22.9 Å². The molecule has 4 aromatic rings. The Bertz CT molecular complexity index is 1110. The number of fused-ring (bicyclic) bond motifs is 6. The molecule has 0 radical (unpaired) electrons. The molecule has 0 aliphatic heterocycles. The van der Waals surface area contributed by atoms with Crippen molar-refractivity contribution in [2.75, 3.05) is 0 Å². The summed E-state index contributed by atoms with van der Waals surface area (Å²) in [6, 6.07) is 31.8. The molecule has 0 N–H and O–H groups in total. The van der Waals surface area contributed by atoms with Crippen molar-refractivity contribution in [2.45, 2.75) is 12.8 Å². The topological polar surface area (TPSA) is 0 Å². The molecule has 2 aliphatic carbocycles. The van der Waals surface area contributed by atoms with Crippen LogP contribution >= 0.6 is 0 Å². The molecule has 0 fully saturated rings. The number of benzene rings is 4. The van der Waals surface area contributed by atoms with Gasteiger partial charge in [0.1, 0.15) is 0 Å². The monoisotopic (exact) mass is 375 g/mol. The van der Waals surface area contributed by atoms with Crippen molar-refractivity contribution in [1.29, 1.82) is 0 Å². The van der Waals surface area contributed by atoms with Crippen LogP contribution in [0.5, 0.6) is 0 Å². The fraction of sp³-hybridized carbons (Fsp3) is 0.0769. The number of hydrogen-bond donors (Lipinski definition) is 0. The van der Waals surface area contributed by atoms with Crippen LogP contribution in [0.4, 0.5) is 0 Å². The first-order valence-electron chi connectivity index (χ1n) is 9.63. The van der Waals surface area contributed by atoms with Gasteiger partial charge in [0, 0.05) is 0 Å². The molecular formula is C26H18Sc. The molecule has 2 aliphatic rings. The Morgan fingerprint density at radius 1 is 0.444 bits per heavy atom. The van der Waals surface area contributed by atoms with Crippen LogP contribution in [0.1, 0.15) is 22.3 Å². The van der Waals surface area contributed by atoms with Crippen LogP contribution in [-0.2, 0) is 35.7 Å². The zero-order chi connectivity index (χ0) is 17.8. The van der Waals surface area contributed by atoms with Gasteiger partial charge in [0.15, 0.2) is 0 Å². The Morgan fingerprint density at radius 2 is 0.889 bits per heavy atom. The second-order valence-electron chi connectivity index (χ2n) is 7.56. The first-order chi connectivity index (χ1) is 13.4. The van der Waals surface area contributed by atoms with E-state index in [9.17, 15) is 0 Å². The fourth-order valence-electron chi connectivity index (χ4n) is 4.80. The average molecular weight is 375 g/mol. The molecule has 0 amide bonds. The third-order valence-electron chi connectivity index (χ3n) is 6.09. The van der Waals surface area contributed by atoms with E-state index >= 15 is 0 Å². The molecule has 0 nitrogen and oxygen atoms in total. The van der Waals surface area contributed by atoms with Gasteiger partial charge in [-0.3, -0.25) is 0 Å². The van der Waals surface area contributed by atoms with Gasteiger partial charge in [-0.25, -0.2) is 0 Å². The summed E-state index contributed by atoms with van der Waals surface area (Å²) in [6.45, 7) is 0. The summed E-state index contributed by atoms with van der Waals surface area (Å²) in [7, 11) is 0. The third-order valence-corrected chi connectivity index (χ3v) is 8.75. The van der Waals surface area contributed by atoms with Gasteiger partial charge in [0.2, 0.25) is 0 Å². The summed E-state index contributed by atoms with van der Waals surface area (Å²) in [5, 5.41) is 0. The van der Waals surface area contributed by atoms with Crippen molar-refractivity contribution in [1.82, 2.24) is 0 Å². The van der Waals surface area contributed by atoms with Gasteiger partial charge < -0.3 is 0 Å². The Labute approximate surface area is 171 Å². The van der Waals surface area contributed by atoms with E-state index in [1.54, 1.807) is 17.8 Å². The predicted octanol–water partition coefficient (Wildman–Crippen LogP) is 4.86. The molecule has 0 spiro atoms. The standard InChI is InChI=1S/2C13H9.Sc/c2*1-3-7-12-10(5-1)9-11-6-2-4-8-13(11)12;/h2*1-5,7-8H,9H2;. The Balaban J connectivity index is 1.43. The van der Waals surface area contributed by atoms with Gasteiger partial charge in [0.25, 0.3) is 0 Å².